The molecule has 1 fully saturated rings. The lowest BCUT2D eigenvalue weighted by Gasteiger charge is -2.37. The van der Waals surface area contributed by atoms with Gasteiger partial charge < -0.3 is 10.2 Å². The first kappa shape index (κ1) is 11.1. The second-order valence-electron chi connectivity index (χ2n) is 4.31. The van der Waals surface area contributed by atoms with Gasteiger partial charge in [-0.25, -0.2) is 4.98 Å². The van der Waals surface area contributed by atoms with E-state index in [1.807, 2.05) is 5.38 Å². The Morgan fingerprint density at radius 3 is 2.94 bits per heavy atom. The number of carbonyl (C=O) groups is 2. The van der Waals surface area contributed by atoms with Crippen LogP contribution >= 0.6 is 11.3 Å². The number of thiazole rings is 1. The van der Waals surface area contributed by atoms with Crippen LogP contribution in [-0.4, -0.2) is 33.8 Å². The zero-order valence-electron chi connectivity index (χ0n) is 9.19. The molecule has 0 saturated carbocycles. The Labute approximate surface area is 97.5 Å². The molecular weight excluding hydrogens is 226 g/mol. The zero-order valence-corrected chi connectivity index (χ0v) is 10.0. The predicted molar refractivity (Wildman–Crippen MR) is 59.8 cm³/mol. The number of nitrogens with zero attached hydrogens (tertiary/aromatic N) is 2. The molecule has 1 aliphatic rings. The van der Waals surface area contributed by atoms with E-state index >= 15 is 0 Å². The third-order valence-electron chi connectivity index (χ3n) is 2.44. The maximum atomic E-state index is 12.0. The maximum absolute atomic E-state index is 12.0. The highest BCUT2D eigenvalue weighted by Crippen LogP contribution is 2.15. The van der Waals surface area contributed by atoms with Gasteiger partial charge in [-0.3, -0.25) is 9.59 Å². The summed E-state index contributed by atoms with van der Waals surface area (Å²) in [6.45, 7) is 3.93. The number of carbonyl (C=O) groups excluding carboxylic acids is 2. The van der Waals surface area contributed by atoms with Crippen LogP contribution in [0.2, 0.25) is 0 Å². The SMILES string of the molecule is CC1(C)NC(=O)CN(Cc2cscn2)C1=O. The summed E-state index contributed by atoms with van der Waals surface area (Å²) in [5.74, 6) is -0.195. The topological polar surface area (TPSA) is 62.3 Å². The number of hydrogen-bond donors (Lipinski definition) is 1. The summed E-state index contributed by atoms with van der Waals surface area (Å²) in [6.07, 6.45) is 0. The summed E-state index contributed by atoms with van der Waals surface area (Å²) in [6, 6.07) is 0. The summed E-state index contributed by atoms with van der Waals surface area (Å²) in [4.78, 5) is 29.1. The first-order chi connectivity index (χ1) is 7.49. The zero-order chi connectivity index (χ0) is 11.8. The lowest BCUT2D eigenvalue weighted by Crippen LogP contribution is -2.63. The quantitative estimate of drug-likeness (QED) is 0.811. The van der Waals surface area contributed by atoms with Gasteiger partial charge in [-0.15, -0.1) is 11.3 Å². The third kappa shape index (κ3) is 2.06. The molecule has 0 atom stereocenters. The van der Waals surface area contributed by atoms with Crippen molar-refractivity contribution in [3.8, 4) is 0 Å². The van der Waals surface area contributed by atoms with Crippen LogP contribution < -0.4 is 5.32 Å². The molecule has 86 valence electrons. The summed E-state index contributed by atoms with van der Waals surface area (Å²) in [7, 11) is 0. The van der Waals surface area contributed by atoms with Crippen LogP contribution in [0, 0.1) is 0 Å². The Balaban J connectivity index is 2.14. The Hall–Kier alpha value is -1.43. The van der Waals surface area contributed by atoms with E-state index in [-0.39, 0.29) is 18.4 Å². The van der Waals surface area contributed by atoms with Crippen molar-refractivity contribution in [1.29, 1.82) is 0 Å². The summed E-state index contributed by atoms with van der Waals surface area (Å²) in [5, 5.41) is 4.55. The molecule has 0 aromatic carbocycles. The lowest BCUT2D eigenvalue weighted by molar-refractivity contribution is -0.149. The first-order valence-corrected chi connectivity index (χ1v) is 5.91. The van der Waals surface area contributed by atoms with E-state index in [4.69, 9.17) is 0 Å². The summed E-state index contributed by atoms with van der Waals surface area (Å²) in [5.41, 5.74) is 1.73. The second-order valence-corrected chi connectivity index (χ2v) is 5.03. The number of aromatic nitrogens is 1. The van der Waals surface area contributed by atoms with Crippen LogP contribution in [0.25, 0.3) is 0 Å². The predicted octanol–water partition coefficient (Wildman–Crippen LogP) is 0.380. The van der Waals surface area contributed by atoms with Crippen LogP contribution in [0.1, 0.15) is 19.5 Å². The minimum absolute atomic E-state index is 0.0694. The Bertz CT molecular complexity index is 414. The van der Waals surface area contributed by atoms with E-state index in [0.29, 0.717) is 6.54 Å². The van der Waals surface area contributed by atoms with E-state index in [1.165, 1.54) is 16.2 Å². The molecule has 1 aromatic rings. The first-order valence-electron chi connectivity index (χ1n) is 4.96. The average molecular weight is 239 g/mol. The van der Waals surface area contributed by atoms with E-state index in [9.17, 15) is 9.59 Å². The van der Waals surface area contributed by atoms with Crippen molar-refractivity contribution in [2.24, 2.45) is 0 Å². The van der Waals surface area contributed by atoms with E-state index in [0.717, 1.165) is 5.69 Å². The van der Waals surface area contributed by atoms with Crippen LogP contribution in [-0.2, 0) is 16.1 Å². The molecule has 2 heterocycles. The van der Waals surface area contributed by atoms with Gasteiger partial charge in [-0.1, -0.05) is 0 Å². The van der Waals surface area contributed by atoms with Crippen molar-refractivity contribution in [3.05, 3.63) is 16.6 Å². The van der Waals surface area contributed by atoms with Gasteiger partial charge in [-0.2, -0.15) is 0 Å². The van der Waals surface area contributed by atoms with Crippen LogP contribution in [0.3, 0.4) is 0 Å². The third-order valence-corrected chi connectivity index (χ3v) is 3.08. The molecule has 0 unspecified atom stereocenters. The molecule has 0 spiro atoms. The highest BCUT2D eigenvalue weighted by atomic mass is 32.1. The van der Waals surface area contributed by atoms with Crippen molar-refractivity contribution in [2.75, 3.05) is 6.54 Å². The molecule has 0 bridgehead atoms. The van der Waals surface area contributed by atoms with Gasteiger partial charge in [0.25, 0.3) is 0 Å². The van der Waals surface area contributed by atoms with Crippen molar-refractivity contribution < 1.29 is 9.59 Å². The van der Waals surface area contributed by atoms with Crippen molar-refractivity contribution in [2.45, 2.75) is 25.9 Å². The number of nitrogens with one attached hydrogen (secondary N) is 1. The average Bonchev–Trinajstić information content (AvgIpc) is 2.65. The normalized spacial score (nSPS) is 19.8. The molecule has 0 radical (unpaired) electrons. The number of rotatable bonds is 2. The van der Waals surface area contributed by atoms with Gasteiger partial charge in [0.05, 0.1) is 17.7 Å². The highest BCUT2D eigenvalue weighted by Gasteiger charge is 2.38. The van der Waals surface area contributed by atoms with E-state index in [1.54, 1.807) is 19.4 Å². The Morgan fingerprint density at radius 2 is 2.31 bits per heavy atom. The van der Waals surface area contributed by atoms with Gasteiger partial charge in [-0.05, 0) is 13.8 Å². The molecule has 1 N–H and O–H groups in total. The largest absolute Gasteiger partial charge is 0.341 e. The number of piperazine rings is 1. The van der Waals surface area contributed by atoms with E-state index < -0.39 is 5.54 Å². The number of amides is 2. The van der Waals surface area contributed by atoms with Crippen LogP contribution in [0.4, 0.5) is 0 Å². The van der Waals surface area contributed by atoms with Gasteiger partial charge in [0, 0.05) is 5.38 Å². The van der Waals surface area contributed by atoms with E-state index in [2.05, 4.69) is 10.3 Å². The fraction of sp³-hybridized carbons (Fsp3) is 0.500. The fourth-order valence-electron chi connectivity index (χ4n) is 1.72. The molecule has 1 saturated heterocycles. The molecule has 2 amide bonds. The monoisotopic (exact) mass is 239 g/mol. The smallest absolute Gasteiger partial charge is 0.248 e. The number of hydrogen-bond acceptors (Lipinski definition) is 4. The maximum Gasteiger partial charge on any atom is 0.248 e. The van der Waals surface area contributed by atoms with Crippen LogP contribution in [0.5, 0.6) is 0 Å². The molecule has 1 aliphatic heterocycles. The van der Waals surface area contributed by atoms with Gasteiger partial charge in [0.2, 0.25) is 11.8 Å². The lowest BCUT2D eigenvalue weighted by atomic mass is 10.0. The Kier molecular flexibility index (Phi) is 2.67. The van der Waals surface area contributed by atoms with Crippen molar-refractivity contribution >= 4 is 23.2 Å². The summed E-state index contributed by atoms with van der Waals surface area (Å²) >= 11 is 1.48. The molecule has 1 aromatic heterocycles. The minimum Gasteiger partial charge on any atom is -0.341 e. The molecule has 16 heavy (non-hydrogen) atoms. The van der Waals surface area contributed by atoms with Crippen molar-refractivity contribution in [3.63, 3.8) is 0 Å². The van der Waals surface area contributed by atoms with Crippen LogP contribution in [0.15, 0.2) is 10.9 Å². The fourth-order valence-corrected chi connectivity index (χ4v) is 2.27. The minimum atomic E-state index is -0.814. The van der Waals surface area contributed by atoms with Gasteiger partial charge >= 0.3 is 0 Å². The van der Waals surface area contributed by atoms with Gasteiger partial charge in [0.1, 0.15) is 12.1 Å². The van der Waals surface area contributed by atoms with Gasteiger partial charge in [0.15, 0.2) is 0 Å². The molecular formula is C10H13N3O2S. The second kappa shape index (κ2) is 3.86. The molecule has 0 aliphatic carbocycles. The highest BCUT2D eigenvalue weighted by molar-refractivity contribution is 7.07. The Morgan fingerprint density at radius 1 is 1.56 bits per heavy atom. The standard InChI is InChI=1S/C10H13N3O2S/c1-10(2)9(15)13(4-8(14)12-10)3-7-5-16-6-11-7/h5-6H,3-4H2,1-2H3,(H,12,14). The molecule has 5 nitrogen and oxygen atoms in total. The summed E-state index contributed by atoms with van der Waals surface area (Å²) < 4.78 is 0. The van der Waals surface area contributed by atoms with Crippen molar-refractivity contribution in [1.82, 2.24) is 15.2 Å². The molecule has 2 rings (SSSR count). The molecule has 6 heteroatoms.